The van der Waals surface area contributed by atoms with Crippen molar-refractivity contribution in [3.8, 4) is 0 Å². The van der Waals surface area contributed by atoms with Crippen LogP contribution in [0, 0.1) is 13.8 Å². The third-order valence-corrected chi connectivity index (χ3v) is 4.27. The zero-order chi connectivity index (χ0) is 12.4. The molecule has 2 rings (SSSR count). The number of thioether (sulfide) groups is 1. The molecule has 0 spiro atoms. The van der Waals surface area contributed by atoms with Crippen LogP contribution in [0.1, 0.15) is 11.1 Å². The van der Waals surface area contributed by atoms with E-state index in [0.29, 0.717) is 6.54 Å². The molecule has 3 nitrogen and oxygen atoms in total. The lowest BCUT2D eigenvalue weighted by molar-refractivity contribution is -0.136. The van der Waals surface area contributed by atoms with Crippen LogP contribution in [0.3, 0.4) is 0 Å². The van der Waals surface area contributed by atoms with E-state index < -0.39 is 5.97 Å². The summed E-state index contributed by atoms with van der Waals surface area (Å²) in [5.41, 5.74) is 3.65. The minimum atomic E-state index is -0.703. The van der Waals surface area contributed by atoms with Gasteiger partial charge in [0.2, 0.25) is 0 Å². The van der Waals surface area contributed by atoms with Crippen molar-refractivity contribution in [1.82, 2.24) is 0 Å². The van der Waals surface area contributed by atoms with Gasteiger partial charge in [0.15, 0.2) is 0 Å². The first-order valence-corrected chi connectivity index (χ1v) is 6.80. The zero-order valence-corrected chi connectivity index (χ0v) is 11.0. The molecule has 1 aliphatic rings. The smallest absolute Gasteiger partial charge is 0.318 e. The molecule has 1 saturated heterocycles. The second-order valence-corrected chi connectivity index (χ2v) is 5.69. The summed E-state index contributed by atoms with van der Waals surface area (Å²) >= 11 is 1.54. The predicted octanol–water partition coefficient (Wildman–Crippen LogP) is 2.31. The van der Waals surface area contributed by atoms with Crippen LogP contribution in [0.2, 0.25) is 0 Å². The van der Waals surface area contributed by atoms with Gasteiger partial charge in [-0.3, -0.25) is 4.79 Å². The number of rotatable bonds is 2. The van der Waals surface area contributed by atoms with E-state index in [9.17, 15) is 4.79 Å². The predicted molar refractivity (Wildman–Crippen MR) is 72.0 cm³/mol. The molecule has 0 bridgehead atoms. The minimum Gasteiger partial charge on any atom is -0.480 e. The number of benzene rings is 1. The Morgan fingerprint density at radius 2 is 2.06 bits per heavy atom. The molecule has 4 heteroatoms. The number of carbonyl (C=O) groups is 1. The van der Waals surface area contributed by atoms with Crippen LogP contribution in [0.15, 0.2) is 18.2 Å². The zero-order valence-electron chi connectivity index (χ0n) is 10.1. The van der Waals surface area contributed by atoms with Gasteiger partial charge in [-0.05, 0) is 25.0 Å². The van der Waals surface area contributed by atoms with Crippen LogP contribution in [-0.2, 0) is 4.79 Å². The Balaban J connectivity index is 2.25. The summed E-state index contributed by atoms with van der Waals surface area (Å²) in [7, 11) is 0. The molecule has 92 valence electrons. The normalized spacial score (nSPS) is 20.4. The lowest BCUT2D eigenvalue weighted by Gasteiger charge is -2.34. The number of nitrogens with zero attached hydrogens (tertiary/aromatic N) is 1. The van der Waals surface area contributed by atoms with Gasteiger partial charge in [0.25, 0.3) is 0 Å². The number of anilines is 1. The number of aliphatic carboxylic acids is 1. The molecule has 1 unspecified atom stereocenters. The van der Waals surface area contributed by atoms with Gasteiger partial charge < -0.3 is 10.0 Å². The van der Waals surface area contributed by atoms with E-state index in [4.69, 9.17) is 5.11 Å². The van der Waals surface area contributed by atoms with Crippen molar-refractivity contribution in [2.45, 2.75) is 19.1 Å². The lowest BCUT2D eigenvalue weighted by atomic mass is 10.1. The van der Waals surface area contributed by atoms with Crippen molar-refractivity contribution < 1.29 is 9.90 Å². The quantitative estimate of drug-likeness (QED) is 0.875. The Kier molecular flexibility index (Phi) is 3.62. The average molecular weight is 251 g/mol. The van der Waals surface area contributed by atoms with E-state index in [1.807, 2.05) is 6.07 Å². The minimum absolute atomic E-state index is 0.303. The number of carboxylic acids is 1. The van der Waals surface area contributed by atoms with Gasteiger partial charge in [-0.1, -0.05) is 18.2 Å². The largest absolute Gasteiger partial charge is 0.480 e. The van der Waals surface area contributed by atoms with Gasteiger partial charge in [0.1, 0.15) is 5.25 Å². The molecular weight excluding hydrogens is 234 g/mol. The van der Waals surface area contributed by atoms with Crippen molar-refractivity contribution in [3.63, 3.8) is 0 Å². The Morgan fingerprint density at radius 3 is 2.65 bits per heavy atom. The maximum Gasteiger partial charge on any atom is 0.318 e. The third kappa shape index (κ3) is 2.57. The molecule has 0 aliphatic carbocycles. The molecule has 0 amide bonds. The second kappa shape index (κ2) is 5.00. The van der Waals surface area contributed by atoms with E-state index in [1.165, 1.54) is 16.8 Å². The summed E-state index contributed by atoms with van der Waals surface area (Å²) in [5, 5.41) is 8.79. The fourth-order valence-corrected chi connectivity index (χ4v) is 3.34. The van der Waals surface area contributed by atoms with Gasteiger partial charge in [0, 0.05) is 24.5 Å². The number of hydrogen-bond donors (Lipinski definition) is 1. The maximum absolute atomic E-state index is 11.1. The average Bonchev–Trinajstić information content (AvgIpc) is 2.29. The lowest BCUT2D eigenvalue weighted by Crippen LogP contribution is -2.42. The van der Waals surface area contributed by atoms with Gasteiger partial charge >= 0.3 is 5.97 Å². The number of hydrogen-bond acceptors (Lipinski definition) is 3. The summed E-state index contributed by atoms with van der Waals surface area (Å²) in [6.45, 7) is 5.70. The number of para-hydroxylation sites is 1. The molecule has 0 saturated carbocycles. The monoisotopic (exact) mass is 251 g/mol. The molecular formula is C13H17NO2S. The van der Waals surface area contributed by atoms with E-state index in [1.54, 1.807) is 11.8 Å². The van der Waals surface area contributed by atoms with Crippen LogP contribution in [0.4, 0.5) is 5.69 Å². The first kappa shape index (κ1) is 12.3. The molecule has 1 atom stereocenters. The first-order chi connectivity index (χ1) is 8.09. The number of aryl methyl sites for hydroxylation is 2. The van der Waals surface area contributed by atoms with Crippen molar-refractivity contribution in [2.24, 2.45) is 0 Å². The summed E-state index contributed by atoms with van der Waals surface area (Å²) in [5.74, 6) is 0.177. The fraction of sp³-hybridized carbons (Fsp3) is 0.462. The fourth-order valence-electron chi connectivity index (χ4n) is 2.31. The summed E-state index contributed by atoms with van der Waals surface area (Å²) in [4.78, 5) is 13.3. The topological polar surface area (TPSA) is 40.5 Å². The highest BCUT2D eigenvalue weighted by Gasteiger charge is 2.27. The molecule has 0 radical (unpaired) electrons. The van der Waals surface area contributed by atoms with Crippen molar-refractivity contribution >= 4 is 23.4 Å². The van der Waals surface area contributed by atoms with E-state index in [2.05, 4.69) is 30.9 Å². The summed E-state index contributed by atoms with van der Waals surface area (Å²) < 4.78 is 0. The van der Waals surface area contributed by atoms with Gasteiger partial charge in [-0.15, -0.1) is 11.8 Å². The van der Waals surface area contributed by atoms with Crippen LogP contribution >= 0.6 is 11.8 Å². The van der Waals surface area contributed by atoms with Crippen LogP contribution in [0.5, 0.6) is 0 Å². The van der Waals surface area contributed by atoms with E-state index in [-0.39, 0.29) is 5.25 Å². The Morgan fingerprint density at radius 1 is 1.41 bits per heavy atom. The Hall–Kier alpha value is -1.16. The first-order valence-electron chi connectivity index (χ1n) is 5.75. The Labute approximate surface area is 106 Å². The van der Waals surface area contributed by atoms with Gasteiger partial charge in [-0.25, -0.2) is 0 Å². The highest BCUT2D eigenvalue weighted by atomic mass is 32.2. The molecule has 0 aromatic heterocycles. The molecule has 1 aliphatic heterocycles. The van der Waals surface area contributed by atoms with Crippen LogP contribution in [0.25, 0.3) is 0 Å². The van der Waals surface area contributed by atoms with Crippen LogP contribution in [-0.4, -0.2) is 35.2 Å². The van der Waals surface area contributed by atoms with Crippen molar-refractivity contribution in [2.75, 3.05) is 23.7 Å². The summed E-state index contributed by atoms with van der Waals surface area (Å²) in [6.07, 6.45) is 0. The number of carboxylic acid groups (broad SMARTS) is 1. The molecule has 1 aromatic rings. The molecule has 1 aromatic carbocycles. The maximum atomic E-state index is 11.1. The SMILES string of the molecule is Cc1cccc(C)c1N1CCSC(C(=O)O)C1. The van der Waals surface area contributed by atoms with E-state index >= 15 is 0 Å². The standard InChI is InChI=1S/C13H17NO2S/c1-9-4-3-5-10(2)12(9)14-6-7-17-11(8-14)13(15)16/h3-5,11H,6-8H2,1-2H3,(H,15,16). The molecule has 1 N–H and O–H groups in total. The Bertz CT molecular complexity index is 413. The highest BCUT2D eigenvalue weighted by Crippen LogP contribution is 2.29. The van der Waals surface area contributed by atoms with Crippen molar-refractivity contribution in [1.29, 1.82) is 0 Å². The van der Waals surface area contributed by atoms with Crippen LogP contribution < -0.4 is 4.90 Å². The van der Waals surface area contributed by atoms with Gasteiger partial charge in [-0.2, -0.15) is 0 Å². The highest BCUT2D eigenvalue weighted by molar-refractivity contribution is 8.00. The van der Waals surface area contributed by atoms with Gasteiger partial charge in [0.05, 0.1) is 0 Å². The van der Waals surface area contributed by atoms with E-state index in [0.717, 1.165) is 12.3 Å². The second-order valence-electron chi connectivity index (χ2n) is 4.38. The molecule has 1 fully saturated rings. The molecule has 1 heterocycles. The summed E-state index contributed by atoms with van der Waals surface area (Å²) in [6, 6.07) is 6.21. The third-order valence-electron chi connectivity index (χ3n) is 3.10. The van der Waals surface area contributed by atoms with Crippen molar-refractivity contribution in [3.05, 3.63) is 29.3 Å². The molecule has 17 heavy (non-hydrogen) atoms.